The van der Waals surface area contributed by atoms with Crippen LogP contribution in [0.1, 0.15) is 0 Å². The molecule has 6 nitrogen and oxygen atoms in total. The van der Waals surface area contributed by atoms with Gasteiger partial charge >= 0.3 is 6.09 Å². The average Bonchev–Trinajstić information content (AvgIpc) is 2.64. The molecule has 1 rings (SSSR count). The molecule has 0 aromatic carbocycles. The minimum Gasteiger partial charge on any atom is -0.447 e. The number of nitrogens with two attached hydrogens (primary N) is 1. The number of primary amides is 1. The smallest absolute Gasteiger partial charge is 0.416 e. The Morgan fingerprint density at radius 1 is 1.40 bits per heavy atom. The third kappa shape index (κ3) is 4.61. The maximum absolute atomic E-state index is 10.7. The number of imide groups is 1. The van der Waals surface area contributed by atoms with Crippen LogP contribution in [0.3, 0.4) is 0 Å². The van der Waals surface area contributed by atoms with E-state index < -0.39 is 17.9 Å². The molecule has 1 saturated heterocycles. The highest BCUT2D eigenvalue weighted by Gasteiger charge is 2.25. The fourth-order valence-corrected chi connectivity index (χ4v) is 0.704. The Balaban J connectivity index is 0.000000336. The van der Waals surface area contributed by atoms with Gasteiger partial charge in [0.25, 0.3) is 5.91 Å². The molecule has 82 valence electrons. The van der Waals surface area contributed by atoms with Crippen LogP contribution in [0.5, 0.6) is 0 Å². The molecule has 6 heteroatoms. The summed E-state index contributed by atoms with van der Waals surface area (Å²) in [4.78, 5) is 31.8. The lowest BCUT2D eigenvalue weighted by Gasteiger charge is -2.04. The van der Waals surface area contributed by atoms with Crippen molar-refractivity contribution < 1.29 is 19.1 Å². The summed E-state index contributed by atoms with van der Waals surface area (Å²) >= 11 is 0. The summed E-state index contributed by atoms with van der Waals surface area (Å²) in [5.74, 6) is -0.882. The molecule has 1 aliphatic rings. The van der Waals surface area contributed by atoms with Crippen LogP contribution in [0.2, 0.25) is 0 Å². The second-order valence-electron chi connectivity index (χ2n) is 2.41. The van der Waals surface area contributed by atoms with Crippen molar-refractivity contribution in [3.05, 3.63) is 25.3 Å². The van der Waals surface area contributed by atoms with Gasteiger partial charge in [0.15, 0.2) is 0 Å². The molecule has 0 bridgehead atoms. The number of carbonyl (C=O) groups excluding carboxylic acids is 3. The predicted octanol–water partition coefficient (Wildman–Crippen LogP) is -0.191. The standard InChI is InChI=1S/C6H7NO3.C3H5NO/c1-2-5(8)7-3-4-10-6(7)9;1-2-3(4)5/h2H,1,3-4H2;2H,1H2,(H2,4,5). The van der Waals surface area contributed by atoms with Crippen LogP contribution >= 0.6 is 0 Å². The second-order valence-corrected chi connectivity index (χ2v) is 2.41. The first kappa shape index (κ1) is 12.9. The molecule has 0 saturated carbocycles. The van der Waals surface area contributed by atoms with Crippen LogP contribution in [0.4, 0.5) is 4.79 Å². The Morgan fingerprint density at radius 3 is 2.20 bits per heavy atom. The lowest BCUT2D eigenvalue weighted by Crippen LogP contribution is -2.29. The number of carbonyl (C=O) groups is 3. The lowest BCUT2D eigenvalue weighted by molar-refractivity contribution is -0.122. The van der Waals surface area contributed by atoms with Gasteiger partial charge in [-0.2, -0.15) is 0 Å². The number of hydrogen-bond donors (Lipinski definition) is 1. The molecule has 0 radical (unpaired) electrons. The van der Waals surface area contributed by atoms with E-state index >= 15 is 0 Å². The van der Waals surface area contributed by atoms with Crippen molar-refractivity contribution in [1.29, 1.82) is 0 Å². The minimum atomic E-state index is -0.579. The molecule has 3 amide bonds. The molecule has 0 aliphatic carbocycles. The van der Waals surface area contributed by atoms with Crippen LogP contribution < -0.4 is 5.73 Å². The first-order valence-electron chi connectivity index (χ1n) is 4.05. The van der Waals surface area contributed by atoms with Gasteiger partial charge in [0.2, 0.25) is 5.91 Å². The normalized spacial score (nSPS) is 13.3. The summed E-state index contributed by atoms with van der Waals surface area (Å²) in [6, 6.07) is 0. The predicted molar refractivity (Wildman–Crippen MR) is 52.6 cm³/mol. The van der Waals surface area contributed by atoms with Gasteiger partial charge in [-0.25, -0.2) is 9.69 Å². The summed E-state index contributed by atoms with van der Waals surface area (Å²) in [6.45, 7) is 6.95. The Bertz CT molecular complexity index is 298. The minimum absolute atomic E-state index is 0.290. The Labute approximate surface area is 87.0 Å². The van der Waals surface area contributed by atoms with Crippen LogP contribution in [-0.4, -0.2) is 36.0 Å². The van der Waals surface area contributed by atoms with Gasteiger partial charge in [0, 0.05) is 0 Å². The van der Waals surface area contributed by atoms with Crippen LogP contribution in [0, 0.1) is 0 Å². The first-order valence-corrected chi connectivity index (χ1v) is 4.05. The van der Waals surface area contributed by atoms with Gasteiger partial charge in [0.1, 0.15) is 6.61 Å². The Kier molecular flexibility index (Phi) is 5.47. The Hall–Kier alpha value is -2.11. The van der Waals surface area contributed by atoms with E-state index in [-0.39, 0.29) is 0 Å². The summed E-state index contributed by atoms with van der Waals surface area (Å²) in [7, 11) is 0. The van der Waals surface area contributed by atoms with Crippen LogP contribution in [0.15, 0.2) is 25.3 Å². The van der Waals surface area contributed by atoms with Gasteiger partial charge in [0.05, 0.1) is 6.54 Å². The fraction of sp³-hybridized carbons (Fsp3) is 0.222. The van der Waals surface area contributed by atoms with E-state index in [1.807, 2.05) is 0 Å². The summed E-state index contributed by atoms with van der Waals surface area (Å²) < 4.78 is 4.51. The SMILES string of the molecule is C=CC(=O)N1CCOC1=O.C=CC(N)=O. The maximum Gasteiger partial charge on any atom is 0.416 e. The van der Waals surface area contributed by atoms with Crippen molar-refractivity contribution in [2.45, 2.75) is 0 Å². The molecule has 0 unspecified atom stereocenters. The first-order chi connectivity index (χ1) is 7.02. The van der Waals surface area contributed by atoms with E-state index in [4.69, 9.17) is 0 Å². The zero-order valence-corrected chi connectivity index (χ0v) is 8.14. The van der Waals surface area contributed by atoms with Crippen molar-refractivity contribution in [1.82, 2.24) is 4.90 Å². The molecule has 2 N–H and O–H groups in total. The number of hydrogen-bond acceptors (Lipinski definition) is 4. The highest BCUT2D eigenvalue weighted by molar-refractivity contribution is 5.98. The average molecular weight is 212 g/mol. The maximum atomic E-state index is 10.7. The van der Waals surface area contributed by atoms with Gasteiger partial charge < -0.3 is 10.5 Å². The quantitative estimate of drug-likeness (QED) is 0.642. The number of cyclic esters (lactones) is 1. The molecule has 0 spiro atoms. The highest BCUT2D eigenvalue weighted by atomic mass is 16.6. The molecular weight excluding hydrogens is 200 g/mol. The second kappa shape index (κ2) is 6.36. The van der Waals surface area contributed by atoms with Gasteiger partial charge in [-0.15, -0.1) is 0 Å². The van der Waals surface area contributed by atoms with E-state index in [0.717, 1.165) is 17.1 Å². The number of ether oxygens (including phenoxy) is 1. The summed E-state index contributed by atoms with van der Waals surface area (Å²) in [6.07, 6.45) is 1.57. The van der Waals surface area contributed by atoms with E-state index in [1.165, 1.54) is 0 Å². The molecule has 0 atom stereocenters. The van der Waals surface area contributed by atoms with E-state index in [1.54, 1.807) is 0 Å². The number of rotatable bonds is 2. The van der Waals surface area contributed by atoms with Crippen molar-refractivity contribution >= 4 is 17.9 Å². The van der Waals surface area contributed by atoms with Crippen LogP contribution in [-0.2, 0) is 14.3 Å². The van der Waals surface area contributed by atoms with Crippen molar-refractivity contribution in [3.63, 3.8) is 0 Å². The fourth-order valence-electron chi connectivity index (χ4n) is 0.704. The number of amides is 3. The van der Waals surface area contributed by atoms with Gasteiger partial charge in [-0.3, -0.25) is 9.59 Å². The zero-order valence-electron chi connectivity index (χ0n) is 8.14. The molecule has 0 aromatic heterocycles. The van der Waals surface area contributed by atoms with Gasteiger partial charge in [-0.1, -0.05) is 13.2 Å². The third-order valence-corrected chi connectivity index (χ3v) is 1.40. The van der Waals surface area contributed by atoms with E-state index in [9.17, 15) is 14.4 Å². The summed E-state index contributed by atoms with van der Waals surface area (Å²) in [5.41, 5.74) is 4.53. The lowest BCUT2D eigenvalue weighted by atomic mass is 10.5. The van der Waals surface area contributed by atoms with E-state index in [0.29, 0.717) is 13.2 Å². The molecule has 1 fully saturated rings. The summed E-state index contributed by atoms with van der Waals surface area (Å²) in [5, 5.41) is 0. The largest absolute Gasteiger partial charge is 0.447 e. The molecule has 1 heterocycles. The van der Waals surface area contributed by atoms with Crippen molar-refractivity contribution in [3.8, 4) is 0 Å². The van der Waals surface area contributed by atoms with Crippen LogP contribution in [0.25, 0.3) is 0 Å². The van der Waals surface area contributed by atoms with Crippen molar-refractivity contribution in [2.24, 2.45) is 5.73 Å². The van der Waals surface area contributed by atoms with Crippen molar-refractivity contribution in [2.75, 3.05) is 13.2 Å². The third-order valence-electron chi connectivity index (χ3n) is 1.40. The topological polar surface area (TPSA) is 89.7 Å². The molecule has 0 aromatic rings. The monoisotopic (exact) mass is 212 g/mol. The van der Waals surface area contributed by atoms with E-state index in [2.05, 4.69) is 23.6 Å². The number of nitrogens with zero attached hydrogens (tertiary/aromatic N) is 1. The molecular formula is C9H12N2O4. The Morgan fingerprint density at radius 2 is 1.93 bits per heavy atom. The zero-order chi connectivity index (χ0) is 11.8. The molecule has 15 heavy (non-hydrogen) atoms. The van der Waals surface area contributed by atoms with Gasteiger partial charge in [-0.05, 0) is 12.2 Å². The highest BCUT2D eigenvalue weighted by Crippen LogP contribution is 2.02. The molecule has 1 aliphatic heterocycles.